The van der Waals surface area contributed by atoms with Gasteiger partial charge < -0.3 is 20.1 Å². The molecule has 0 aromatic carbocycles. The van der Waals surface area contributed by atoms with E-state index in [-0.39, 0.29) is 18.3 Å². The molecule has 2 N–H and O–H groups in total. The molecule has 1 amide bonds. The van der Waals surface area contributed by atoms with Gasteiger partial charge in [0.2, 0.25) is 5.91 Å². The number of nitrogens with one attached hydrogen (secondary N) is 2. The average molecular weight is 307 g/mol. The van der Waals surface area contributed by atoms with E-state index in [0.717, 1.165) is 12.8 Å². The zero-order valence-corrected chi connectivity index (χ0v) is 13.2. The molecule has 3 unspecified atom stereocenters. The highest BCUT2D eigenvalue weighted by atomic mass is 35.5. The van der Waals surface area contributed by atoms with Gasteiger partial charge in [-0.2, -0.15) is 0 Å². The van der Waals surface area contributed by atoms with Gasteiger partial charge in [0.15, 0.2) is 0 Å². The maximum absolute atomic E-state index is 12.0. The molecule has 0 aromatic rings. The van der Waals surface area contributed by atoms with Gasteiger partial charge in [-0.3, -0.25) is 4.79 Å². The normalized spacial score (nSPS) is 29.6. The number of hydrogen-bond acceptors (Lipinski definition) is 4. The average Bonchev–Trinajstić information content (AvgIpc) is 2.73. The molecule has 20 heavy (non-hydrogen) atoms. The molecule has 6 heteroatoms. The van der Waals surface area contributed by atoms with Gasteiger partial charge in [-0.25, -0.2) is 0 Å². The van der Waals surface area contributed by atoms with E-state index in [4.69, 9.17) is 9.47 Å². The SMILES string of the molecule is CCOCCOC(C)C(=O)NC1CC2CCC(C1)N2.Cl. The number of halogens is 1. The van der Waals surface area contributed by atoms with Gasteiger partial charge in [0.05, 0.1) is 13.2 Å². The van der Waals surface area contributed by atoms with Crippen molar-refractivity contribution in [2.24, 2.45) is 0 Å². The Morgan fingerprint density at radius 2 is 1.95 bits per heavy atom. The number of carbonyl (C=O) groups excluding carboxylic acids is 1. The van der Waals surface area contributed by atoms with E-state index in [0.29, 0.717) is 37.9 Å². The van der Waals surface area contributed by atoms with Crippen LogP contribution in [0.2, 0.25) is 0 Å². The number of carbonyl (C=O) groups is 1. The summed E-state index contributed by atoms with van der Waals surface area (Å²) in [7, 11) is 0. The Kier molecular flexibility index (Phi) is 7.80. The molecule has 0 spiro atoms. The van der Waals surface area contributed by atoms with E-state index >= 15 is 0 Å². The van der Waals surface area contributed by atoms with Crippen molar-refractivity contribution in [1.82, 2.24) is 10.6 Å². The van der Waals surface area contributed by atoms with Gasteiger partial charge in [0.25, 0.3) is 0 Å². The molecule has 2 aliphatic rings. The van der Waals surface area contributed by atoms with Gasteiger partial charge in [0, 0.05) is 24.7 Å². The maximum atomic E-state index is 12.0. The lowest BCUT2D eigenvalue weighted by atomic mass is 9.99. The first-order valence-electron chi connectivity index (χ1n) is 7.44. The molecule has 2 bridgehead atoms. The minimum atomic E-state index is -0.395. The molecular weight excluding hydrogens is 280 g/mol. The monoisotopic (exact) mass is 306 g/mol. The zero-order valence-electron chi connectivity index (χ0n) is 12.4. The molecule has 2 saturated heterocycles. The number of rotatable bonds is 7. The Morgan fingerprint density at radius 1 is 1.30 bits per heavy atom. The number of fused-ring (bicyclic) bond motifs is 2. The van der Waals surface area contributed by atoms with Gasteiger partial charge in [0.1, 0.15) is 6.10 Å². The van der Waals surface area contributed by atoms with Crippen molar-refractivity contribution < 1.29 is 14.3 Å². The standard InChI is InChI=1S/C14H26N2O3.ClH/c1-3-18-6-7-19-10(2)14(17)16-13-8-11-4-5-12(9-13)15-11;/h10-13,15H,3-9H2,1-2H3,(H,16,17);1H. The van der Waals surface area contributed by atoms with Gasteiger partial charge in [-0.05, 0) is 39.5 Å². The molecule has 0 radical (unpaired) electrons. The van der Waals surface area contributed by atoms with E-state index in [1.54, 1.807) is 6.92 Å². The van der Waals surface area contributed by atoms with Crippen LogP contribution in [0, 0.1) is 0 Å². The van der Waals surface area contributed by atoms with Crippen LogP contribution in [0.3, 0.4) is 0 Å². The van der Waals surface area contributed by atoms with Crippen LogP contribution in [0.25, 0.3) is 0 Å². The van der Waals surface area contributed by atoms with Gasteiger partial charge >= 0.3 is 0 Å². The highest BCUT2D eigenvalue weighted by Crippen LogP contribution is 2.26. The van der Waals surface area contributed by atoms with Gasteiger partial charge in [-0.15, -0.1) is 12.4 Å². The second-order valence-electron chi connectivity index (χ2n) is 5.52. The van der Waals surface area contributed by atoms with Crippen molar-refractivity contribution in [3.63, 3.8) is 0 Å². The summed E-state index contributed by atoms with van der Waals surface area (Å²) in [6.45, 7) is 5.45. The van der Waals surface area contributed by atoms with Crippen molar-refractivity contribution in [2.75, 3.05) is 19.8 Å². The molecule has 2 fully saturated rings. The van der Waals surface area contributed by atoms with Crippen molar-refractivity contribution in [3.05, 3.63) is 0 Å². The fourth-order valence-electron chi connectivity index (χ4n) is 3.00. The summed E-state index contributed by atoms with van der Waals surface area (Å²) < 4.78 is 10.6. The third-order valence-electron chi connectivity index (χ3n) is 3.99. The number of amides is 1. The van der Waals surface area contributed by atoms with E-state index in [2.05, 4.69) is 10.6 Å². The third-order valence-corrected chi connectivity index (χ3v) is 3.99. The smallest absolute Gasteiger partial charge is 0.249 e. The summed E-state index contributed by atoms with van der Waals surface area (Å²) in [5.74, 6) is 0.00259. The molecule has 3 atom stereocenters. The molecule has 0 saturated carbocycles. The molecule has 0 aromatic heterocycles. The summed E-state index contributed by atoms with van der Waals surface area (Å²) in [4.78, 5) is 12.0. The summed E-state index contributed by atoms with van der Waals surface area (Å²) in [6, 6.07) is 1.50. The van der Waals surface area contributed by atoms with E-state index in [1.807, 2.05) is 6.92 Å². The number of hydrogen-bond donors (Lipinski definition) is 2. The van der Waals surface area contributed by atoms with Crippen LogP contribution >= 0.6 is 12.4 Å². The van der Waals surface area contributed by atoms with Gasteiger partial charge in [-0.1, -0.05) is 0 Å². The quantitative estimate of drug-likeness (QED) is 0.695. The minimum absolute atomic E-state index is 0. The maximum Gasteiger partial charge on any atom is 0.249 e. The van der Waals surface area contributed by atoms with Crippen LogP contribution in [0.4, 0.5) is 0 Å². The zero-order chi connectivity index (χ0) is 13.7. The molecular formula is C14H27ClN2O3. The fraction of sp³-hybridized carbons (Fsp3) is 0.929. The highest BCUT2D eigenvalue weighted by Gasteiger charge is 2.34. The second-order valence-corrected chi connectivity index (χ2v) is 5.52. The Hall–Kier alpha value is -0.360. The summed E-state index contributed by atoms with van der Waals surface area (Å²) in [5, 5.41) is 6.69. The Bertz CT molecular complexity index is 292. The van der Waals surface area contributed by atoms with Crippen molar-refractivity contribution in [3.8, 4) is 0 Å². The van der Waals surface area contributed by atoms with Crippen LogP contribution in [-0.2, 0) is 14.3 Å². The van der Waals surface area contributed by atoms with Crippen LogP contribution in [0.5, 0.6) is 0 Å². The molecule has 2 rings (SSSR count). The summed E-state index contributed by atoms with van der Waals surface area (Å²) in [6.07, 6.45) is 4.20. The molecule has 5 nitrogen and oxygen atoms in total. The topological polar surface area (TPSA) is 59.6 Å². The lowest BCUT2D eigenvalue weighted by Gasteiger charge is -2.30. The van der Waals surface area contributed by atoms with Crippen LogP contribution in [-0.4, -0.2) is 50.0 Å². The third kappa shape index (κ3) is 5.20. The molecule has 118 valence electrons. The lowest BCUT2D eigenvalue weighted by molar-refractivity contribution is -0.133. The summed E-state index contributed by atoms with van der Waals surface area (Å²) in [5.41, 5.74) is 0. The van der Waals surface area contributed by atoms with E-state index in [9.17, 15) is 4.79 Å². The number of ether oxygens (including phenoxy) is 2. The van der Waals surface area contributed by atoms with E-state index < -0.39 is 6.10 Å². The van der Waals surface area contributed by atoms with Crippen molar-refractivity contribution >= 4 is 18.3 Å². The van der Waals surface area contributed by atoms with Crippen molar-refractivity contribution in [1.29, 1.82) is 0 Å². The second kappa shape index (κ2) is 8.82. The molecule has 0 aliphatic carbocycles. The molecule has 2 aliphatic heterocycles. The number of piperidine rings is 1. The first kappa shape index (κ1) is 17.7. The van der Waals surface area contributed by atoms with Crippen LogP contribution in [0.1, 0.15) is 39.5 Å². The lowest BCUT2D eigenvalue weighted by Crippen LogP contribution is -2.50. The van der Waals surface area contributed by atoms with Crippen LogP contribution < -0.4 is 10.6 Å². The Morgan fingerprint density at radius 3 is 2.55 bits per heavy atom. The predicted molar refractivity (Wildman–Crippen MR) is 80.3 cm³/mol. The summed E-state index contributed by atoms with van der Waals surface area (Å²) >= 11 is 0. The first-order chi connectivity index (χ1) is 9.19. The largest absolute Gasteiger partial charge is 0.379 e. The Labute approximate surface area is 127 Å². The van der Waals surface area contributed by atoms with Crippen molar-refractivity contribution in [2.45, 2.75) is 63.8 Å². The Balaban J connectivity index is 0.00000200. The van der Waals surface area contributed by atoms with Crippen LogP contribution in [0.15, 0.2) is 0 Å². The highest BCUT2D eigenvalue weighted by molar-refractivity contribution is 5.85. The predicted octanol–water partition coefficient (Wildman–Crippen LogP) is 1.25. The van der Waals surface area contributed by atoms with E-state index in [1.165, 1.54) is 12.8 Å². The molecule has 2 heterocycles. The minimum Gasteiger partial charge on any atom is -0.379 e. The fourth-order valence-corrected chi connectivity index (χ4v) is 3.00. The first-order valence-corrected chi connectivity index (χ1v) is 7.44.